The molecule has 5 nitrogen and oxygen atoms in total. The maximum atomic E-state index is 11.6. The van der Waals surface area contributed by atoms with Crippen molar-refractivity contribution >= 4 is 5.91 Å². The van der Waals surface area contributed by atoms with Gasteiger partial charge >= 0.3 is 0 Å². The van der Waals surface area contributed by atoms with Crippen molar-refractivity contribution < 1.29 is 4.79 Å². The molecule has 2 rings (SSSR count). The molecule has 1 aromatic rings. The van der Waals surface area contributed by atoms with Gasteiger partial charge in [0.15, 0.2) is 0 Å². The fraction of sp³-hybridized carbons (Fsp3) is 0.667. The van der Waals surface area contributed by atoms with Crippen LogP contribution in [-0.4, -0.2) is 40.2 Å². The second-order valence-electron chi connectivity index (χ2n) is 4.93. The van der Waals surface area contributed by atoms with Gasteiger partial charge in [-0.15, -0.1) is 0 Å². The third kappa shape index (κ3) is 3.56. The lowest BCUT2D eigenvalue weighted by Gasteiger charge is -2.15. The largest absolute Gasteiger partial charge is 0.352 e. The van der Waals surface area contributed by atoms with Crippen LogP contribution in [0.5, 0.6) is 0 Å². The zero-order valence-corrected chi connectivity index (χ0v) is 10.7. The van der Waals surface area contributed by atoms with Crippen LogP contribution < -0.4 is 5.32 Å². The van der Waals surface area contributed by atoms with Gasteiger partial charge in [-0.05, 0) is 26.8 Å². The molecule has 0 saturated heterocycles. The molecule has 0 unspecified atom stereocenters. The minimum atomic E-state index is 0.122. The number of hydrogen-bond donors (Lipinski definition) is 1. The van der Waals surface area contributed by atoms with E-state index in [1.165, 1.54) is 5.56 Å². The monoisotopic (exact) mass is 236 g/mol. The van der Waals surface area contributed by atoms with Gasteiger partial charge in [-0.1, -0.05) is 0 Å². The van der Waals surface area contributed by atoms with E-state index in [1.807, 2.05) is 36.8 Å². The van der Waals surface area contributed by atoms with Gasteiger partial charge in [-0.25, -0.2) is 0 Å². The summed E-state index contributed by atoms with van der Waals surface area (Å²) in [7, 11) is 3.87. The molecule has 1 fully saturated rings. The van der Waals surface area contributed by atoms with Crippen molar-refractivity contribution in [1.82, 2.24) is 20.0 Å². The number of nitrogens with one attached hydrogen (secondary N) is 1. The molecule has 1 amide bonds. The maximum Gasteiger partial charge on any atom is 0.234 e. The van der Waals surface area contributed by atoms with Gasteiger partial charge in [-0.3, -0.25) is 14.4 Å². The summed E-state index contributed by atoms with van der Waals surface area (Å²) in [4.78, 5) is 13.6. The van der Waals surface area contributed by atoms with Crippen molar-refractivity contribution in [2.75, 3.05) is 13.6 Å². The zero-order valence-electron chi connectivity index (χ0n) is 10.7. The van der Waals surface area contributed by atoms with E-state index in [9.17, 15) is 4.79 Å². The Balaban J connectivity index is 1.81. The first-order valence-corrected chi connectivity index (χ1v) is 6.01. The molecule has 1 aromatic heterocycles. The fourth-order valence-corrected chi connectivity index (χ4v) is 1.90. The number of likely N-dealkylation sites (N-methyl/N-ethyl adjacent to an activating group) is 1. The van der Waals surface area contributed by atoms with E-state index in [2.05, 4.69) is 10.4 Å². The standard InChI is InChI=1S/C12H20N4O/c1-9-10(7-16(3)14-9)6-15(2)8-12(17)13-11-4-5-11/h7,11H,4-6,8H2,1-3H3,(H,13,17). The average Bonchev–Trinajstić information content (AvgIpc) is 2.94. The van der Waals surface area contributed by atoms with Crippen molar-refractivity contribution in [2.24, 2.45) is 7.05 Å². The third-order valence-electron chi connectivity index (χ3n) is 2.91. The molecule has 17 heavy (non-hydrogen) atoms. The Morgan fingerprint density at radius 2 is 2.35 bits per heavy atom. The molecular formula is C12H20N4O. The van der Waals surface area contributed by atoms with Gasteiger partial charge in [0, 0.05) is 31.4 Å². The summed E-state index contributed by atoms with van der Waals surface area (Å²) in [6, 6.07) is 0.441. The van der Waals surface area contributed by atoms with E-state index < -0.39 is 0 Å². The van der Waals surface area contributed by atoms with Gasteiger partial charge in [-0.2, -0.15) is 5.10 Å². The number of nitrogens with zero attached hydrogens (tertiary/aromatic N) is 3. The van der Waals surface area contributed by atoms with E-state index in [0.717, 1.165) is 25.1 Å². The number of amides is 1. The van der Waals surface area contributed by atoms with Gasteiger partial charge in [0.2, 0.25) is 5.91 Å². The molecule has 0 atom stereocenters. The average molecular weight is 236 g/mol. The van der Waals surface area contributed by atoms with Gasteiger partial charge in [0.1, 0.15) is 0 Å². The lowest BCUT2D eigenvalue weighted by Crippen LogP contribution is -2.35. The van der Waals surface area contributed by atoms with E-state index in [-0.39, 0.29) is 5.91 Å². The van der Waals surface area contributed by atoms with E-state index >= 15 is 0 Å². The summed E-state index contributed by atoms with van der Waals surface area (Å²) < 4.78 is 1.81. The summed E-state index contributed by atoms with van der Waals surface area (Å²) in [6.45, 7) is 3.20. The normalized spacial score (nSPS) is 15.3. The molecular weight excluding hydrogens is 216 g/mol. The highest BCUT2D eigenvalue weighted by molar-refractivity contribution is 5.78. The number of carbonyl (C=O) groups excluding carboxylic acids is 1. The summed E-state index contributed by atoms with van der Waals surface area (Å²) >= 11 is 0. The molecule has 0 aliphatic heterocycles. The molecule has 0 spiro atoms. The summed E-state index contributed by atoms with van der Waals surface area (Å²) in [5, 5.41) is 7.28. The highest BCUT2D eigenvalue weighted by Crippen LogP contribution is 2.18. The van der Waals surface area contributed by atoms with Gasteiger partial charge in [0.05, 0.1) is 12.2 Å². The summed E-state index contributed by atoms with van der Waals surface area (Å²) in [5.41, 5.74) is 2.20. The van der Waals surface area contributed by atoms with Crippen molar-refractivity contribution in [3.63, 3.8) is 0 Å². The van der Waals surface area contributed by atoms with Crippen LogP contribution >= 0.6 is 0 Å². The SMILES string of the molecule is Cc1nn(C)cc1CN(C)CC(=O)NC1CC1. The Hall–Kier alpha value is -1.36. The Kier molecular flexibility index (Phi) is 3.47. The van der Waals surface area contributed by atoms with E-state index in [1.54, 1.807) is 0 Å². The van der Waals surface area contributed by atoms with Crippen molar-refractivity contribution in [2.45, 2.75) is 32.4 Å². The number of aromatic nitrogens is 2. The highest BCUT2D eigenvalue weighted by Gasteiger charge is 2.23. The number of aryl methyl sites for hydroxylation is 2. The molecule has 1 saturated carbocycles. The van der Waals surface area contributed by atoms with Gasteiger partial charge in [0.25, 0.3) is 0 Å². The Morgan fingerprint density at radius 3 is 2.88 bits per heavy atom. The number of hydrogen-bond acceptors (Lipinski definition) is 3. The van der Waals surface area contributed by atoms with Crippen LogP contribution in [0, 0.1) is 6.92 Å². The lowest BCUT2D eigenvalue weighted by molar-refractivity contribution is -0.122. The molecule has 1 heterocycles. The molecule has 0 radical (unpaired) electrons. The molecule has 1 N–H and O–H groups in total. The molecule has 5 heteroatoms. The second kappa shape index (κ2) is 4.87. The Labute approximate surface area is 102 Å². The second-order valence-corrected chi connectivity index (χ2v) is 4.93. The van der Waals surface area contributed by atoms with Gasteiger partial charge < -0.3 is 5.32 Å². The number of rotatable bonds is 5. The Bertz CT molecular complexity index is 409. The minimum Gasteiger partial charge on any atom is -0.352 e. The van der Waals surface area contributed by atoms with Crippen LogP contribution in [0.15, 0.2) is 6.20 Å². The number of carbonyl (C=O) groups is 1. The first-order chi connectivity index (χ1) is 8.04. The summed E-state index contributed by atoms with van der Waals surface area (Å²) in [5.74, 6) is 0.122. The molecule has 94 valence electrons. The quantitative estimate of drug-likeness (QED) is 0.807. The van der Waals surface area contributed by atoms with Crippen LogP contribution in [0.1, 0.15) is 24.1 Å². The first kappa shape index (κ1) is 12.1. The predicted octanol–water partition coefficient (Wildman–Crippen LogP) is 0.439. The summed E-state index contributed by atoms with van der Waals surface area (Å²) in [6.07, 6.45) is 4.28. The zero-order chi connectivity index (χ0) is 12.4. The minimum absolute atomic E-state index is 0.122. The smallest absolute Gasteiger partial charge is 0.234 e. The Morgan fingerprint density at radius 1 is 1.65 bits per heavy atom. The highest BCUT2D eigenvalue weighted by atomic mass is 16.2. The lowest BCUT2D eigenvalue weighted by atomic mass is 10.2. The van der Waals surface area contributed by atoms with Crippen molar-refractivity contribution in [3.05, 3.63) is 17.5 Å². The first-order valence-electron chi connectivity index (χ1n) is 6.01. The third-order valence-corrected chi connectivity index (χ3v) is 2.91. The van der Waals surface area contributed by atoms with Crippen LogP contribution in [0.3, 0.4) is 0 Å². The molecule has 1 aliphatic carbocycles. The van der Waals surface area contributed by atoms with Crippen LogP contribution in [0.25, 0.3) is 0 Å². The van der Waals surface area contributed by atoms with Crippen molar-refractivity contribution in [1.29, 1.82) is 0 Å². The molecule has 0 aromatic carbocycles. The fourth-order valence-electron chi connectivity index (χ4n) is 1.90. The van der Waals surface area contributed by atoms with E-state index in [0.29, 0.717) is 12.6 Å². The predicted molar refractivity (Wildman–Crippen MR) is 65.4 cm³/mol. The molecule has 0 bridgehead atoms. The molecule has 1 aliphatic rings. The van der Waals surface area contributed by atoms with E-state index in [4.69, 9.17) is 0 Å². The van der Waals surface area contributed by atoms with Crippen LogP contribution in [0.4, 0.5) is 0 Å². The van der Waals surface area contributed by atoms with Crippen LogP contribution in [0.2, 0.25) is 0 Å². The topological polar surface area (TPSA) is 50.2 Å². The van der Waals surface area contributed by atoms with Crippen LogP contribution in [-0.2, 0) is 18.4 Å². The van der Waals surface area contributed by atoms with Crippen molar-refractivity contribution in [3.8, 4) is 0 Å². The maximum absolute atomic E-state index is 11.6.